The van der Waals surface area contributed by atoms with Crippen LogP contribution in [0.4, 0.5) is 0 Å². The van der Waals surface area contributed by atoms with Gasteiger partial charge in [0, 0.05) is 6.54 Å². The molecule has 0 heterocycles. The number of hydrogen-bond donors (Lipinski definition) is 1. The van der Waals surface area contributed by atoms with Gasteiger partial charge in [-0.3, -0.25) is 4.84 Å². The van der Waals surface area contributed by atoms with Crippen LogP contribution in [0.25, 0.3) is 0 Å². The fourth-order valence-corrected chi connectivity index (χ4v) is 0.480. The van der Waals surface area contributed by atoms with Gasteiger partial charge < -0.3 is 0 Å². The molecule has 0 amide bonds. The van der Waals surface area contributed by atoms with Crippen molar-refractivity contribution in [2.45, 2.75) is 39.7 Å². The van der Waals surface area contributed by atoms with Crippen molar-refractivity contribution in [3.05, 3.63) is 12.2 Å². The summed E-state index contributed by atoms with van der Waals surface area (Å²) < 4.78 is 0. The van der Waals surface area contributed by atoms with E-state index in [1.54, 1.807) is 0 Å². The van der Waals surface area contributed by atoms with E-state index in [0.717, 1.165) is 18.5 Å². The molecule has 0 spiro atoms. The fraction of sp³-hybridized carbons (Fsp3) is 0.778. The summed E-state index contributed by atoms with van der Waals surface area (Å²) in [6.45, 7) is 12.7. The molecular formula is C9H19NO. The third-order valence-electron chi connectivity index (χ3n) is 1.20. The van der Waals surface area contributed by atoms with Crippen LogP contribution in [0, 0.1) is 0 Å². The first-order valence-electron chi connectivity index (χ1n) is 4.03. The highest BCUT2D eigenvalue weighted by Crippen LogP contribution is 2.04. The minimum Gasteiger partial charge on any atom is -0.296 e. The number of nitrogens with one attached hydrogen (secondary N) is 1. The zero-order chi connectivity index (χ0) is 8.91. The van der Waals surface area contributed by atoms with E-state index in [2.05, 4.69) is 19.0 Å². The van der Waals surface area contributed by atoms with E-state index in [1.807, 2.05) is 20.8 Å². The Morgan fingerprint density at radius 1 is 1.45 bits per heavy atom. The molecule has 0 aliphatic heterocycles. The summed E-state index contributed by atoms with van der Waals surface area (Å²) in [4.78, 5) is 5.29. The fourth-order valence-electron chi connectivity index (χ4n) is 0.480. The van der Waals surface area contributed by atoms with Crippen LogP contribution < -0.4 is 5.48 Å². The van der Waals surface area contributed by atoms with E-state index < -0.39 is 0 Å². The highest BCUT2D eigenvalue weighted by Gasteiger charge is 2.09. The lowest BCUT2D eigenvalue weighted by atomic mass is 10.2. The molecule has 0 aliphatic carbocycles. The third-order valence-corrected chi connectivity index (χ3v) is 1.20. The van der Waals surface area contributed by atoms with Crippen LogP contribution in [0.5, 0.6) is 0 Å². The molecular weight excluding hydrogens is 138 g/mol. The Balaban J connectivity index is 3.35. The van der Waals surface area contributed by atoms with Crippen LogP contribution >= 0.6 is 0 Å². The first kappa shape index (κ1) is 10.7. The molecule has 0 aliphatic rings. The molecule has 0 saturated carbocycles. The summed E-state index contributed by atoms with van der Waals surface area (Å²) in [6, 6.07) is 0. The average Bonchev–Trinajstić information content (AvgIpc) is 1.85. The van der Waals surface area contributed by atoms with Crippen LogP contribution in [0.1, 0.15) is 34.1 Å². The molecule has 0 rings (SSSR count). The highest BCUT2D eigenvalue weighted by atomic mass is 16.7. The Morgan fingerprint density at radius 3 is 2.36 bits per heavy atom. The van der Waals surface area contributed by atoms with Crippen LogP contribution in [0.2, 0.25) is 0 Å². The Labute approximate surface area is 69.6 Å². The number of rotatable bonds is 4. The van der Waals surface area contributed by atoms with Gasteiger partial charge >= 0.3 is 0 Å². The van der Waals surface area contributed by atoms with Gasteiger partial charge in [-0.15, -0.1) is 0 Å². The summed E-state index contributed by atoms with van der Waals surface area (Å²) in [6.07, 6.45) is 1.00. The molecule has 0 atom stereocenters. The van der Waals surface area contributed by atoms with E-state index in [4.69, 9.17) is 4.84 Å². The number of hydrogen-bond acceptors (Lipinski definition) is 2. The van der Waals surface area contributed by atoms with E-state index in [9.17, 15) is 0 Å². The van der Waals surface area contributed by atoms with Crippen LogP contribution in [-0.2, 0) is 4.84 Å². The second-order valence-corrected chi connectivity index (χ2v) is 3.64. The standard InChI is InChI=1S/C9H19NO/c1-6-8(2)7-10-11-9(3,4)5/h10H,2,6-7H2,1,3-5H3. The maximum atomic E-state index is 5.29. The lowest BCUT2D eigenvalue weighted by molar-refractivity contribution is -0.0688. The first-order valence-corrected chi connectivity index (χ1v) is 4.03. The predicted molar refractivity (Wildman–Crippen MR) is 48.3 cm³/mol. The molecule has 0 saturated heterocycles. The van der Waals surface area contributed by atoms with Crippen molar-refractivity contribution in [2.24, 2.45) is 0 Å². The van der Waals surface area contributed by atoms with Crippen molar-refractivity contribution in [3.8, 4) is 0 Å². The topological polar surface area (TPSA) is 21.3 Å². The lowest BCUT2D eigenvalue weighted by Gasteiger charge is -2.19. The minimum absolute atomic E-state index is 0.117. The van der Waals surface area contributed by atoms with Crippen molar-refractivity contribution in [1.82, 2.24) is 5.48 Å². The number of hydroxylamine groups is 1. The summed E-state index contributed by atoms with van der Waals surface area (Å²) in [7, 11) is 0. The van der Waals surface area contributed by atoms with Crippen molar-refractivity contribution in [2.75, 3.05) is 6.54 Å². The quantitative estimate of drug-likeness (QED) is 0.499. The van der Waals surface area contributed by atoms with E-state index in [0.29, 0.717) is 0 Å². The van der Waals surface area contributed by atoms with Crippen molar-refractivity contribution in [3.63, 3.8) is 0 Å². The largest absolute Gasteiger partial charge is 0.296 e. The Morgan fingerprint density at radius 2 is 2.00 bits per heavy atom. The van der Waals surface area contributed by atoms with Crippen LogP contribution in [-0.4, -0.2) is 12.1 Å². The Hall–Kier alpha value is -0.340. The highest BCUT2D eigenvalue weighted by molar-refractivity contribution is 4.93. The Kier molecular flexibility index (Phi) is 4.38. The van der Waals surface area contributed by atoms with E-state index in [-0.39, 0.29) is 5.60 Å². The van der Waals surface area contributed by atoms with Crippen LogP contribution in [0.15, 0.2) is 12.2 Å². The van der Waals surface area contributed by atoms with E-state index in [1.165, 1.54) is 0 Å². The predicted octanol–water partition coefficient (Wildman–Crippen LogP) is 2.27. The molecule has 0 aromatic rings. The molecule has 0 bridgehead atoms. The monoisotopic (exact) mass is 157 g/mol. The minimum atomic E-state index is -0.117. The van der Waals surface area contributed by atoms with Gasteiger partial charge in [0.05, 0.1) is 5.60 Å². The molecule has 2 heteroatoms. The van der Waals surface area contributed by atoms with Crippen molar-refractivity contribution >= 4 is 0 Å². The lowest BCUT2D eigenvalue weighted by Crippen LogP contribution is -2.30. The molecule has 2 nitrogen and oxygen atoms in total. The SMILES string of the molecule is C=C(CC)CNOC(C)(C)C. The molecule has 1 N–H and O–H groups in total. The molecule has 11 heavy (non-hydrogen) atoms. The third kappa shape index (κ3) is 7.56. The van der Waals surface area contributed by atoms with Gasteiger partial charge in [-0.25, -0.2) is 0 Å². The summed E-state index contributed by atoms with van der Waals surface area (Å²) in [5, 5.41) is 0. The maximum Gasteiger partial charge on any atom is 0.0813 e. The molecule has 0 fully saturated rings. The van der Waals surface area contributed by atoms with Gasteiger partial charge in [-0.2, -0.15) is 5.48 Å². The molecule has 0 radical (unpaired) electrons. The molecule has 66 valence electrons. The second-order valence-electron chi connectivity index (χ2n) is 3.64. The zero-order valence-corrected chi connectivity index (χ0v) is 8.03. The maximum absolute atomic E-state index is 5.29. The molecule has 0 aromatic carbocycles. The van der Waals surface area contributed by atoms with Crippen molar-refractivity contribution in [1.29, 1.82) is 0 Å². The normalized spacial score (nSPS) is 11.6. The van der Waals surface area contributed by atoms with Gasteiger partial charge in [0.2, 0.25) is 0 Å². The zero-order valence-electron chi connectivity index (χ0n) is 8.03. The van der Waals surface area contributed by atoms with E-state index >= 15 is 0 Å². The Bertz CT molecular complexity index is 124. The molecule has 0 aromatic heterocycles. The van der Waals surface area contributed by atoms with Gasteiger partial charge in [0.15, 0.2) is 0 Å². The van der Waals surface area contributed by atoms with Crippen molar-refractivity contribution < 1.29 is 4.84 Å². The summed E-state index contributed by atoms with van der Waals surface area (Å²) >= 11 is 0. The van der Waals surface area contributed by atoms with Gasteiger partial charge in [-0.1, -0.05) is 19.1 Å². The smallest absolute Gasteiger partial charge is 0.0813 e. The first-order chi connectivity index (χ1) is 4.95. The van der Waals surface area contributed by atoms with Crippen LogP contribution in [0.3, 0.4) is 0 Å². The molecule has 0 unspecified atom stereocenters. The summed E-state index contributed by atoms with van der Waals surface area (Å²) in [5.41, 5.74) is 3.92. The van der Waals surface area contributed by atoms with Gasteiger partial charge in [0.1, 0.15) is 0 Å². The van der Waals surface area contributed by atoms with Gasteiger partial charge in [-0.05, 0) is 27.2 Å². The average molecular weight is 157 g/mol. The second kappa shape index (κ2) is 4.52. The van der Waals surface area contributed by atoms with Gasteiger partial charge in [0.25, 0.3) is 0 Å². The summed E-state index contributed by atoms with van der Waals surface area (Å²) in [5.74, 6) is 0.